The molecule has 0 aliphatic rings. The third-order valence-corrected chi connectivity index (χ3v) is 2.54. The van der Waals surface area contributed by atoms with Gasteiger partial charge >= 0.3 is 11.9 Å². The first-order valence-corrected chi connectivity index (χ1v) is 6.69. The summed E-state index contributed by atoms with van der Waals surface area (Å²) in [5.41, 5.74) is 5.66. The maximum absolute atomic E-state index is 11.2. The molecule has 0 heterocycles. The molecule has 0 spiro atoms. The fourth-order valence-corrected chi connectivity index (χ4v) is 1.59. The van der Waals surface area contributed by atoms with E-state index in [1.54, 1.807) is 13.8 Å². The Labute approximate surface area is 109 Å². The molecule has 0 fully saturated rings. The molecule has 0 aromatic carbocycles. The van der Waals surface area contributed by atoms with Gasteiger partial charge in [-0.2, -0.15) is 0 Å². The summed E-state index contributed by atoms with van der Waals surface area (Å²) < 4.78 is 9.64. The normalized spacial score (nSPS) is 11.9. The van der Waals surface area contributed by atoms with Crippen molar-refractivity contribution in [2.75, 3.05) is 13.2 Å². The molecule has 0 rings (SSSR count). The van der Waals surface area contributed by atoms with Gasteiger partial charge in [0.05, 0.1) is 13.2 Å². The van der Waals surface area contributed by atoms with E-state index in [1.807, 2.05) is 0 Å². The number of hydrogen-bond donors (Lipinski definition) is 1. The summed E-state index contributed by atoms with van der Waals surface area (Å²) in [5.74, 6) is -0.468. The number of hydrogen-bond acceptors (Lipinski definition) is 5. The molecule has 0 aliphatic carbocycles. The van der Waals surface area contributed by atoms with Crippen LogP contribution in [-0.2, 0) is 19.1 Å². The number of carbonyl (C=O) groups is 2. The maximum Gasteiger partial charge on any atom is 0.322 e. The van der Waals surface area contributed by atoms with Crippen molar-refractivity contribution in [2.45, 2.75) is 58.4 Å². The average molecular weight is 259 g/mol. The van der Waals surface area contributed by atoms with Gasteiger partial charge in [-0.15, -0.1) is 0 Å². The van der Waals surface area contributed by atoms with E-state index >= 15 is 0 Å². The van der Waals surface area contributed by atoms with Crippen molar-refractivity contribution in [1.29, 1.82) is 0 Å². The van der Waals surface area contributed by atoms with Crippen LogP contribution in [0, 0.1) is 0 Å². The lowest BCUT2D eigenvalue weighted by molar-refractivity contribution is -0.145. The Hall–Kier alpha value is -1.10. The van der Waals surface area contributed by atoms with E-state index in [0.717, 1.165) is 25.7 Å². The molecular weight excluding hydrogens is 234 g/mol. The molecule has 0 aliphatic heterocycles. The molecule has 106 valence electrons. The van der Waals surface area contributed by atoms with Gasteiger partial charge in [0.1, 0.15) is 6.04 Å². The van der Waals surface area contributed by atoms with Gasteiger partial charge in [-0.05, 0) is 26.7 Å². The van der Waals surface area contributed by atoms with E-state index < -0.39 is 6.04 Å². The van der Waals surface area contributed by atoms with E-state index in [0.29, 0.717) is 26.1 Å². The molecule has 0 aromatic rings. The van der Waals surface area contributed by atoms with Crippen molar-refractivity contribution >= 4 is 11.9 Å². The van der Waals surface area contributed by atoms with Crippen molar-refractivity contribution in [3.8, 4) is 0 Å². The second-order valence-electron chi connectivity index (χ2n) is 4.12. The Morgan fingerprint density at radius 2 is 1.61 bits per heavy atom. The third kappa shape index (κ3) is 8.98. The van der Waals surface area contributed by atoms with Crippen LogP contribution >= 0.6 is 0 Å². The minimum absolute atomic E-state index is 0.138. The predicted octanol–water partition coefficient (Wildman–Crippen LogP) is 1.78. The molecule has 0 aromatic heterocycles. The summed E-state index contributed by atoms with van der Waals surface area (Å²) in [5, 5.41) is 0. The molecule has 18 heavy (non-hydrogen) atoms. The Morgan fingerprint density at radius 1 is 1.00 bits per heavy atom. The zero-order valence-electron chi connectivity index (χ0n) is 11.4. The van der Waals surface area contributed by atoms with Crippen LogP contribution in [0.3, 0.4) is 0 Å². The number of nitrogens with two attached hydrogens (primary N) is 1. The summed E-state index contributed by atoms with van der Waals surface area (Å²) >= 11 is 0. The van der Waals surface area contributed by atoms with Gasteiger partial charge in [-0.3, -0.25) is 9.59 Å². The number of rotatable bonds is 10. The molecular formula is C13H25NO4. The minimum Gasteiger partial charge on any atom is -0.466 e. The standard InChI is InChI=1S/C13H25NO4/c1-3-17-12(15)10-8-6-5-7-9-11(14)13(16)18-4-2/h11H,3-10,14H2,1-2H3. The number of ether oxygens (including phenoxy) is 2. The zero-order chi connectivity index (χ0) is 13.8. The molecule has 1 unspecified atom stereocenters. The van der Waals surface area contributed by atoms with Crippen LogP contribution in [0.2, 0.25) is 0 Å². The van der Waals surface area contributed by atoms with Crippen LogP contribution < -0.4 is 5.73 Å². The SMILES string of the molecule is CCOC(=O)CCCCCCC(N)C(=O)OCC. The molecule has 2 N–H and O–H groups in total. The second-order valence-corrected chi connectivity index (χ2v) is 4.12. The molecule has 5 nitrogen and oxygen atoms in total. The molecule has 0 bridgehead atoms. The Bertz CT molecular complexity index is 243. The summed E-state index contributed by atoms with van der Waals surface area (Å²) in [6.07, 6.45) is 4.73. The quantitative estimate of drug-likeness (QED) is 0.478. The molecule has 1 atom stereocenters. The Kier molecular flexibility index (Phi) is 10.3. The van der Waals surface area contributed by atoms with E-state index in [9.17, 15) is 9.59 Å². The van der Waals surface area contributed by atoms with E-state index in [-0.39, 0.29) is 11.9 Å². The third-order valence-electron chi connectivity index (χ3n) is 2.54. The predicted molar refractivity (Wildman–Crippen MR) is 68.9 cm³/mol. The fraction of sp³-hybridized carbons (Fsp3) is 0.846. The summed E-state index contributed by atoms with van der Waals surface area (Å²) in [4.78, 5) is 22.3. The molecule has 0 saturated carbocycles. The van der Waals surface area contributed by atoms with Gasteiger partial charge in [-0.25, -0.2) is 0 Å². The lowest BCUT2D eigenvalue weighted by atomic mass is 10.1. The first kappa shape index (κ1) is 16.9. The van der Waals surface area contributed by atoms with Crippen LogP contribution in [0.1, 0.15) is 52.4 Å². The average Bonchev–Trinajstić information content (AvgIpc) is 2.33. The largest absolute Gasteiger partial charge is 0.466 e. The molecule has 0 amide bonds. The van der Waals surface area contributed by atoms with Crippen molar-refractivity contribution in [3.63, 3.8) is 0 Å². The van der Waals surface area contributed by atoms with Crippen LogP contribution in [0.15, 0.2) is 0 Å². The highest BCUT2D eigenvalue weighted by Gasteiger charge is 2.13. The lowest BCUT2D eigenvalue weighted by Gasteiger charge is -2.09. The highest BCUT2D eigenvalue weighted by Crippen LogP contribution is 2.08. The number of carbonyl (C=O) groups excluding carboxylic acids is 2. The summed E-state index contributed by atoms with van der Waals surface area (Å²) in [6, 6.07) is -0.519. The number of esters is 2. The van der Waals surface area contributed by atoms with Gasteiger partial charge < -0.3 is 15.2 Å². The molecule has 5 heteroatoms. The maximum atomic E-state index is 11.2. The van der Waals surface area contributed by atoms with E-state index in [4.69, 9.17) is 15.2 Å². The van der Waals surface area contributed by atoms with Gasteiger partial charge in [0.25, 0.3) is 0 Å². The van der Waals surface area contributed by atoms with Crippen LogP contribution in [-0.4, -0.2) is 31.2 Å². The van der Waals surface area contributed by atoms with Crippen LogP contribution in [0.4, 0.5) is 0 Å². The second kappa shape index (κ2) is 11.0. The minimum atomic E-state index is -0.519. The fourth-order valence-electron chi connectivity index (χ4n) is 1.59. The van der Waals surface area contributed by atoms with Crippen LogP contribution in [0.5, 0.6) is 0 Å². The summed E-state index contributed by atoms with van der Waals surface area (Å²) in [7, 11) is 0. The highest BCUT2D eigenvalue weighted by molar-refractivity contribution is 5.75. The van der Waals surface area contributed by atoms with Crippen molar-refractivity contribution in [2.24, 2.45) is 5.73 Å². The van der Waals surface area contributed by atoms with E-state index in [2.05, 4.69) is 0 Å². The van der Waals surface area contributed by atoms with Gasteiger partial charge in [0.2, 0.25) is 0 Å². The lowest BCUT2D eigenvalue weighted by Crippen LogP contribution is -2.32. The van der Waals surface area contributed by atoms with Gasteiger partial charge in [0.15, 0.2) is 0 Å². The highest BCUT2D eigenvalue weighted by atomic mass is 16.5. The smallest absolute Gasteiger partial charge is 0.322 e. The van der Waals surface area contributed by atoms with Crippen molar-refractivity contribution in [3.05, 3.63) is 0 Å². The Morgan fingerprint density at radius 3 is 2.22 bits per heavy atom. The Balaban J connectivity index is 3.40. The molecule has 0 radical (unpaired) electrons. The topological polar surface area (TPSA) is 78.6 Å². The zero-order valence-corrected chi connectivity index (χ0v) is 11.4. The van der Waals surface area contributed by atoms with Gasteiger partial charge in [-0.1, -0.05) is 19.3 Å². The molecule has 0 saturated heterocycles. The number of unbranched alkanes of at least 4 members (excludes halogenated alkanes) is 3. The monoisotopic (exact) mass is 259 g/mol. The summed E-state index contributed by atoms with van der Waals surface area (Å²) in [6.45, 7) is 4.37. The first-order valence-electron chi connectivity index (χ1n) is 6.69. The van der Waals surface area contributed by atoms with Gasteiger partial charge in [0, 0.05) is 6.42 Å². The van der Waals surface area contributed by atoms with Crippen LogP contribution in [0.25, 0.3) is 0 Å². The van der Waals surface area contributed by atoms with E-state index in [1.165, 1.54) is 0 Å². The van der Waals surface area contributed by atoms with Crippen molar-refractivity contribution in [1.82, 2.24) is 0 Å². The van der Waals surface area contributed by atoms with Crippen molar-refractivity contribution < 1.29 is 19.1 Å². The first-order chi connectivity index (χ1) is 8.61.